The van der Waals surface area contributed by atoms with E-state index in [9.17, 15) is 9.59 Å². The van der Waals surface area contributed by atoms with Gasteiger partial charge in [0.2, 0.25) is 0 Å². The molecule has 1 aliphatic heterocycles. The van der Waals surface area contributed by atoms with Crippen LogP contribution in [0.2, 0.25) is 0 Å². The van der Waals surface area contributed by atoms with Crippen molar-refractivity contribution in [3.05, 3.63) is 35.4 Å². The molecule has 1 unspecified atom stereocenters. The number of amides is 3. The van der Waals surface area contributed by atoms with Crippen LogP contribution in [-0.4, -0.2) is 11.9 Å². The maximum Gasteiger partial charge on any atom is 0.322 e. The summed E-state index contributed by atoms with van der Waals surface area (Å²) in [4.78, 5) is 22.5. The molecule has 1 heterocycles. The van der Waals surface area contributed by atoms with Crippen molar-refractivity contribution in [2.75, 3.05) is 0 Å². The van der Waals surface area contributed by atoms with Crippen LogP contribution in [0.5, 0.6) is 0 Å². The number of carbonyl (C=O) groups is 2. The van der Waals surface area contributed by atoms with Crippen LogP contribution in [0, 0.1) is 5.92 Å². The summed E-state index contributed by atoms with van der Waals surface area (Å²) in [5.74, 6) is 0.321. The number of benzene rings is 1. The van der Waals surface area contributed by atoms with Gasteiger partial charge in [0.15, 0.2) is 0 Å². The predicted octanol–water partition coefficient (Wildman–Crippen LogP) is 1.77. The molecule has 0 saturated carbocycles. The molecule has 90 valence electrons. The molecule has 2 N–H and O–H groups in total. The molecular formula is C13H16N2O2. The second kappa shape index (κ2) is 4.57. The normalized spacial score (nSPS) is 19.4. The molecule has 1 fully saturated rings. The minimum absolute atomic E-state index is 0.286. The Labute approximate surface area is 100 Å². The van der Waals surface area contributed by atoms with Crippen LogP contribution in [0.15, 0.2) is 24.3 Å². The third kappa shape index (κ3) is 2.64. The first kappa shape index (κ1) is 11.6. The number of hydrogen-bond donors (Lipinski definition) is 2. The predicted molar refractivity (Wildman–Crippen MR) is 64.4 cm³/mol. The first-order valence-electron chi connectivity index (χ1n) is 5.76. The summed E-state index contributed by atoms with van der Waals surface area (Å²) in [5, 5.41) is 4.80. The lowest BCUT2D eigenvalue weighted by Crippen LogP contribution is -2.22. The largest absolute Gasteiger partial charge is 0.322 e. The monoisotopic (exact) mass is 232 g/mol. The number of imide groups is 1. The highest BCUT2D eigenvalue weighted by molar-refractivity contribution is 6.04. The fourth-order valence-electron chi connectivity index (χ4n) is 1.97. The van der Waals surface area contributed by atoms with Crippen LogP contribution >= 0.6 is 0 Å². The lowest BCUT2D eigenvalue weighted by Gasteiger charge is -2.09. The molecule has 1 aromatic carbocycles. The van der Waals surface area contributed by atoms with Crippen LogP contribution in [0.25, 0.3) is 0 Å². The van der Waals surface area contributed by atoms with Gasteiger partial charge in [-0.15, -0.1) is 0 Å². The Morgan fingerprint density at radius 1 is 1.18 bits per heavy atom. The number of urea groups is 1. The van der Waals surface area contributed by atoms with Gasteiger partial charge in [0.1, 0.15) is 6.04 Å². The van der Waals surface area contributed by atoms with Crippen LogP contribution in [0.4, 0.5) is 4.79 Å². The maximum atomic E-state index is 11.5. The fourth-order valence-corrected chi connectivity index (χ4v) is 1.97. The molecule has 2 rings (SSSR count). The van der Waals surface area contributed by atoms with E-state index in [1.165, 1.54) is 5.56 Å². The summed E-state index contributed by atoms with van der Waals surface area (Å²) in [6, 6.07) is 6.84. The first-order valence-corrected chi connectivity index (χ1v) is 5.76. The van der Waals surface area contributed by atoms with Gasteiger partial charge in [0.25, 0.3) is 5.91 Å². The average Bonchev–Trinajstić information content (AvgIpc) is 2.58. The van der Waals surface area contributed by atoms with Gasteiger partial charge >= 0.3 is 6.03 Å². The van der Waals surface area contributed by atoms with E-state index in [0.717, 1.165) is 12.0 Å². The Kier molecular flexibility index (Phi) is 3.13. The van der Waals surface area contributed by atoms with Gasteiger partial charge in [-0.2, -0.15) is 0 Å². The van der Waals surface area contributed by atoms with E-state index in [0.29, 0.717) is 5.92 Å². The molecule has 17 heavy (non-hydrogen) atoms. The summed E-state index contributed by atoms with van der Waals surface area (Å²) in [6.07, 6.45) is 1.02. The molecule has 1 saturated heterocycles. The topological polar surface area (TPSA) is 58.2 Å². The standard InChI is InChI=1S/C13H16N2O2/c1-8(2)7-9-3-5-10(6-4-9)11-12(16)15-13(17)14-11/h3-6,8,11H,7H2,1-2H3,(H2,14,15,16,17). The van der Waals surface area contributed by atoms with Gasteiger partial charge < -0.3 is 5.32 Å². The molecule has 4 heteroatoms. The summed E-state index contributed by atoms with van der Waals surface area (Å²) in [6.45, 7) is 4.33. The van der Waals surface area contributed by atoms with E-state index >= 15 is 0 Å². The summed E-state index contributed by atoms with van der Waals surface area (Å²) >= 11 is 0. The molecule has 0 spiro atoms. The molecule has 0 aromatic heterocycles. The Balaban J connectivity index is 2.13. The second-order valence-corrected chi connectivity index (χ2v) is 4.74. The van der Waals surface area contributed by atoms with E-state index in [4.69, 9.17) is 0 Å². The molecular weight excluding hydrogens is 216 g/mol. The van der Waals surface area contributed by atoms with Crippen molar-refractivity contribution in [3.8, 4) is 0 Å². The highest BCUT2D eigenvalue weighted by Crippen LogP contribution is 2.18. The van der Waals surface area contributed by atoms with Crippen LogP contribution in [0.3, 0.4) is 0 Å². The fraction of sp³-hybridized carbons (Fsp3) is 0.385. The summed E-state index contributed by atoms with van der Waals surface area (Å²) < 4.78 is 0. The Morgan fingerprint density at radius 3 is 2.29 bits per heavy atom. The third-order valence-corrected chi connectivity index (χ3v) is 2.73. The molecule has 4 nitrogen and oxygen atoms in total. The van der Waals surface area contributed by atoms with Crippen molar-refractivity contribution in [2.24, 2.45) is 5.92 Å². The second-order valence-electron chi connectivity index (χ2n) is 4.74. The van der Waals surface area contributed by atoms with Gasteiger partial charge in [0, 0.05) is 0 Å². The van der Waals surface area contributed by atoms with Crippen LogP contribution in [-0.2, 0) is 11.2 Å². The third-order valence-electron chi connectivity index (χ3n) is 2.73. The van der Waals surface area contributed by atoms with Crippen LogP contribution in [0.1, 0.15) is 31.0 Å². The zero-order chi connectivity index (χ0) is 12.4. The number of rotatable bonds is 3. The minimum atomic E-state index is -0.546. The highest BCUT2D eigenvalue weighted by atomic mass is 16.2. The van der Waals surface area contributed by atoms with Gasteiger partial charge in [0.05, 0.1) is 0 Å². The summed E-state index contributed by atoms with van der Waals surface area (Å²) in [5.41, 5.74) is 2.06. The van der Waals surface area contributed by atoms with E-state index < -0.39 is 12.1 Å². The highest BCUT2D eigenvalue weighted by Gasteiger charge is 2.30. The van der Waals surface area contributed by atoms with Crippen molar-refractivity contribution in [1.29, 1.82) is 0 Å². The van der Waals surface area contributed by atoms with Gasteiger partial charge in [-0.25, -0.2) is 4.79 Å². The van der Waals surface area contributed by atoms with Gasteiger partial charge in [-0.1, -0.05) is 38.1 Å². The number of carbonyl (C=O) groups excluding carboxylic acids is 2. The van der Waals surface area contributed by atoms with Crippen molar-refractivity contribution in [1.82, 2.24) is 10.6 Å². The minimum Gasteiger partial charge on any atom is -0.322 e. The van der Waals surface area contributed by atoms with Gasteiger partial charge in [-0.05, 0) is 23.5 Å². The number of nitrogens with one attached hydrogen (secondary N) is 2. The van der Waals surface area contributed by atoms with Crippen molar-refractivity contribution in [2.45, 2.75) is 26.3 Å². The van der Waals surface area contributed by atoms with Crippen LogP contribution < -0.4 is 10.6 Å². The quantitative estimate of drug-likeness (QED) is 0.780. The lowest BCUT2D eigenvalue weighted by atomic mass is 9.99. The Hall–Kier alpha value is -1.84. The number of hydrogen-bond acceptors (Lipinski definition) is 2. The van der Waals surface area contributed by atoms with E-state index in [2.05, 4.69) is 24.5 Å². The Bertz CT molecular complexity index is 437. The molecule has 1 atom stereocenters. The summed E-state index contributed by atoms with van der Waals surface area (Å²) in [7, 11) is 0. The SMILES string of the molecule is CC(C)Cc1ccc(C2NC(=O)NC2=O)cc1. The van der Waals surface area contributed by atoms with E-state index in [1.807, 2.05) is 24.3 Å². The molecule has 0 radical (unpaired) electrons. The van der Waals surface area contributed by atoms with E-state index in [1.54, 1.807) is 0 Å². The molecule has 3 amide bonds. The molecule has 1 aliphatic rings. The van der Waals surface area contributed by atoms with Crippen molar-refractivity contribution in [3.63, 3.8) is 0 Å². The zero-order valence-corrected chi connectivity index (χ0v) is 9.99. The molecule has 1 aromatic rings. The molecule has 0 aliphatic carbocycles. The van der Waals surface area contributed by atoms with E-state index in [-0.39, 0.29) is 5.91 Å². The van der Waals surface area contributed by atoms with Gasteiger partial charge in [-0.3, -0.25) is 10.1 Å². The molecule has 0 bridgehead atoms. The van der Waals surface area contributed by atoms with Crippen molar-refractivity contribution >= 4 is 11.9 Å². The van der Waals surface area contributed by atoms with Crippen molar-refractivity contribution < 1.29 is 9.59 Å². The average molecular weight is 232 g/mol. The lowest BCUT2D eigenvalue weighted by molar-refractivity contribution is -0.120. The first-order chi connectivity index (χ1) is 8.06. The zero-order valence-electron chi connectivity index (χ0n) is 9.99. The Morgan fingerprint density at radius 2 is 1.82 bits per heavy atom. The smallest absolute Gasteiger partial charge is 0.322 e. The maximum absolute atomic E-state index is 11.5.